The second-order valence-electron chi connectivity index (χ2n) is 8.34. The van der Waals surface area contributed by atoms with Crippen LogP contribution >= 0.6 is 0 Å². The van der Waals surface area contributed by atoms with Gasteiger partial charge in [0.2, 0.25) is 5.91 Å². The molecular weight excluding hydrogens is 307 g/mol. The number of halogens is 1. The van der Waals surface area contributed by atoms with E-state index in [0.717, 1.165) is 32.4 Å². The smallest absolute Gasteiger partial charge is 0.237 e. The lowest BCUT2D eigenvalue weighted by atomic mass is 9.73. The van der Waals surface area contributed by atoms with Gasteiger partial charge in [0.15, 0.2) is 0 Å². The van der Waals surface area contributed by atoms with Gasteiger partial charge in [-0.25, -0.2) is 4.39 Å². The van der Waals surface area contributed by atoms with E-state index in [9.17, 15) is 4.79 Å². The van der Waals surface area contributed by atoms with Crippen molar-refractivity contribution in [3.05, 3.63) is 0 Å². The van der Waals surface area contributed by atoms with E-state index in [-0.39, 0.29) is 18.0 Å². The molecule has 4 unspecified atom stereocenters. The average molecular weight is 338 g/mol. The van der Waals surface area contributed by atoms with E-state index < -0.39 is 11.7 Å². The first-order chi connectivity index (χ1) is 11.6. The van der Waals surface area contributed by atoms with Crippen LogP contribution in [0.25, 0.3) is 0 Å². The quantitative estimate of drug-likeness (QED) is 0.802. The van der Waals surface area contributed by atoms with Crippen LogP contribution in [-0.2, 0) is 4.79 Å². The molecular formula is C18H31FN4O. The molecule has 3 aliphatic heterocycles. The van der Waals surface area contributed by atoms with E-state index in [1.165, 1.54) is 25.7 Å². The zero-order valence-electron chi connectivity index (χ0n) is 14.6. The fraction of sp³-hybridized carbons (Fsp3) is 0.944. The van der Waals surface area contributed by atoms with E-state index in [1.54, 1.807) is 0 Å². The summed E-state index contributed by atoms with van der Waals surface area (Å²) >= 11 is 0. The van der Waals surface area contributed by atoms with Gasteiger partial charge in [-0.3, -0.25) is 9.69 Å². The van der Waals surface area contributed by atoms with Gasteiger partial charge < -0.3 is 16.0 Å². The van der Waals surface area contributed by atoms with E-state index in [4.69, 9.17) is 5.73 Å². The molecule has 0 spiro atoms. The number of carbonyl (C=O) groups excluding carboxylic acids is 1. The molecule has 0 aromatic heterocycles. The molecule has 0 aromatic carbocycles. The summed E-state index contributed by atoms with van der Waals surface area (Å²) in [5.41, 5.74) is 5.86. The number of rotatable bonds is 3. The number of nitrogens with zero attached hydrogens (tertiary/aromatic N) is 2. The van der Waals surface area contributed by atoms with Crippen LogP contribution in [0.2, 0.25) is 0 Å². The molecule has 1 aliphatic carbocycles. The number of hydrogen-bond acceptors (Lipinski definition) is 4. The van der Waals surface area contributed by atoms with Crippen molar-refractivity contribution in [2.45, 2.75) is 68.7 Å². The van der Waals surface area contributed by atoms with Crippen LogP contribution in [0.15, 0.2) is 0 Å². The van der Waals surface area contributed by atoms with E-state index >= 15 is 4.39 Å². The monoisotopic (exact) mass is 338 g/mol. The molecule has 24 heavy (non-hydrogen) atoms. The molecule has 3 N–H and O–H groups in total. The number of nitrogens with one attached hydrogen (secondary N) is 1. The minimum absolute atomic E-state index is 0.174. The number of piperidine rings is 1. The predicted molar refractivity (Wildman–Crippen MR) is 91.4 cm³/mol. The maximum Gasteiger partial charge on any atom is 0.237 e. The standard InChI is InChI=1S/C18H31FN4O/c19-15-9-21-10-16(20)18(15,8-13-4-1-2-5-13)22-11-14-6-3-7-23(14)17(24)12-22/h13-16,21H,1-12,20H2. The van der Waals surface area contributed by atoms with Gasteiger partial charge in [-0.1, -0.05) is 25.7 Å². The topological polar surface area (TPSA) is 61.6 Å². The average Bonchev–Trinajstić information content (AvgIpc) is 3.22. The fourth-order valence-corrected chi connectivity index (χ4v) is 5.71. The molecule has 4 rings (SSSR count). The lowest BCUT2D eigenvalue weighted by molar-refractivity contribution is -0.146. The Bertz CT molecular complexity index is 472. The summed E-state index contributed by atoms with van der Waals surface area (Å²) in [6.07, 6.45) is 6.82. The highest BCUT2D eigenvalue weighted by atomic mass is 19.1. The van der Waals surface area contributed by atoms with E-state index in [0.29, 0.717) is 25.6 Å². The Labute approximate surface area is 144 Å². The minimum Gasteiger partial charge on any atom is -0.337 e. The molecule has 1 saturated carbocycles. The fourth-order valence-electron chi connectivity index (χ4n) is 5.71. The predicted octanol–water partition coefficient (Wildman–Crippen LogP) is 0.881. The molecule has 4 aliphatic rings. The van der Waals surface area contributed by atoms with Crippen LogP contribution in [0, 0.1) is 5.92 Å². The molecule has 1 amide bonds. The second-order valence-corrected chi connectivity index (χ2v) is 8.34. The number of fused-ring (bicyclic) bond motifs is 1. The molecule has 0 radical (unpaired) electrons. The third kappa shape index (κ3) is 2.67. The molecule has 3 heterocycles. The molecule has 4 fully saturated rings. The summed E-state index contributed by atoms with van der Waals surface area (Å²) in [5, 5.41) is 3.14. The summed E-state index contributed by atoms with van der Waals surface area (Å²) in [4.78, 5) is 16.8. The Balaban J connectivity index is 1.62. The third-order valence-electron chi connectivity index (χ3n) is 7.01. The first-order valence-corrected chi connectivity index (χ1v) is 9.76. The summed E-state index contributed by atoms with van der Waals surface area (Å²) in [7, 11) is 0. The first kappa shape index (κ1) is 16.7. The lowest BCUT2D eigenvalue weighted by Crippen LogP contribution is -2.76. The van der Waals surface area contributed by atoms with Crippen molar-refractivity contribution in [3.63, 3.8) is 0 Å². The Morgan fingerprint density at radius 3 is 2.75 bits per heavy atom. The van der Waals surface area contributed by atoms with Gasteiger partial charge in [0.25, 0.3) is 0 Å². The third-order valence-corrected chi connectivity index (χ3v) is 7.01. The SMILES string of the molecule is NC1CNCC(F)C1(CC1CCCC1)N1CC(=O)N2CCCC2C1. The van der Waals surface area contributed by atoms with Gasteiger partial charge in [0.05, 0.1) is 12.1 Å². The number of alkyl halides is 1. The van der Waals surface area contributed by atoms with Gasteiger partial charge in [0.1, 0.15) is 6.17 Å². The number of amides is 1. The Morgan fingerprint density at radius 2 is 2.00 bits per heavy atom. The molecule has 5 nitrogen and oxygen atoms in total. The molecule has 4 atom stereocenters. The normalized spacial score (nSPS) is 41.8. The molecule has 3 saturated heterocycles. The minimum atomic E-state index is -0.998. The number of hydrogen-bond donors (Lipinski definition) is 2. The van der Waals surface area contributed by atoms with Gasteiger partial charge >= 0.3 is 0 Å². The van der Waals surface area contributed by atoms with Crippen LogP contribution < -0.4 is 11.1 Å². The van der Waals surface area contributed by atoms with E-state index in [1.807, 2.05) is 4.90 Å². The highest BCUT2D eigenvalue weighted by Gasteiger charge is 2.55. The van der Waals surface area contributed by atoms with Gasteiger partial charge in [-0.05, 0) is 25.2 Å². The van der Waals surface area contributed by atoms with Crippen LogP contribution in [-0.4, -0.2) is 72.2 Å². The Hall–Kier alpha value is -0.720. The highest BCUT2D eigenvalue weighted by Crippen LogP contribution is 2.41. The van der Waals surface area contributed by atoms with Crippen LogP contribution in [0.4, 0.5) is 4.39 Å². The first-order valence-electron chi connectivity index (χ1n) is 9.76. The summed E-state index contributed by atoms with van der Waals surface area (Å²) in [6, 6.07) is 0.0172. The zero-order chi connectivity index (χ0) is 16.7. The Kier molecular flexibility index (Phi) is 4.56. The second kappa shape index (κ2) is 6.54. The van der Waals surface area contributed by atoms with Gasteiger partial charge in [-0.15, -0.1) is 0 Å². The Morgan fingerprint density at radius 1 is 1.21 bits per heavy atom. The molecule has 0 aromatic rings. The number of carbonyl (C=O) groups is 1. The molecule has 0 bridgehead atoms. The van der Waals surface area contributed by atoms with Gasteiger partial charge in [0, 0.05) is 38.3 Å². The van der Waals surface area contributed by atoms with Crippen molar-refractivity contribution in [1.82, 2.24) is 15.1 Å². The van der Waals surface area contributed by atoms with Crippen LogP contribution in [0.1, 0.15) is 44.9 Å². The van der Waals surface area contributed by atoms with E-state index in [2.05, 4.69) is 10.2 Å². The maximum atomic E-state index is 15.4. The van der Waals surface area contributed by atoms with Crippen molar-refractivity contribution >= 4 is 5.91 Å². The highest BCUT2D eigenvalue weighted by molar-refractivity contribution is 5.80. The molecule has 6 heteroatoms. The lowest BCUT2D eigenvalue weighted by Gasteiger charge is -2.55. The summed E-state index contributed by atoms with van der Waals surface area (Å²) in [6.45, 7) is 3.02. The van der Waals surface area contributed by atoms with Crippen LogP contribution in [0.5, 0.6) is 0 Å². The summed E-state index contributed by atoms with van der Waals surface area (Å²) in [5.74, 6) is 0.733. The van der Waals surface area contributed by atoms with Crippen molar-refractivity contribution < 1.29 is 9.18 Å². The van der Waals surface area contributed by atoms with Crippen molar-refractivity contribution in [3.8, 4) is 0 Å². The largest absolute Gasteiger partial charge is 0.337 e. The number of nitrogens with two attached hydrogens (primary N) is 1. The zero-order valence-corrected chi connectivity index (χ0v) is 14.6. The van der Waals surface area contributed by atoms with Crippen molar-refractivity contribution in [2.75, 3.05) is 32.7 Å². The van der Waals surface area contributed by atoms with Crippen molar-refractivity contribution in [2.24, 2.45) is 11.7 Å². The van der Waals surface area contributed by atoms with Gasteiger partial charge in [-0.2, -0.15) is 0 Å². The number of piperazine rings is 1. The van der Waals surface area contributed by atoms with Crippen LogP contribution in [0.3, 0.4) is 0 Å². The summed E-state index contributed by atoms with van der Waals surface area (Å²) < 4.78 is 15.4. The van der Waals surface area contributed by atoms with Crippen molar-refractivity contribution in [1.29, 1.82) is 0 Å². The molecule has 136 valence electrons. The maximum absolute atomic E-state index is 15.4.